The summed E-state index contributed by atoms with van der Waals surface area (Å²) in [6, 6.07) is 0. The number of hydrogen-bond donors (Lipinski definition) is 2. The lowest BCUT2D eigenvalue weighted by Gasteiger charge is -2.15. The third-order valence-electron chi connectivity index (χ3n) is 2.44. The van der Waals surface area contributed by atoms with E-state index in [0.717, 1.165) is 7.05 Å². The van der Waals surface area contributed by atoms with E-state index in [2.05, 4.69) is 15.5 Å². The maximum absolute atomic E-state index is 12.2. The van der Waals surface area contributed by atoms with Gasteiger partial charge in [0.25, 0.3) is 16.4 Å². The van der Waals surface area contributed by atoms with Crippen molar-refractivity contribution in [2.24, 2.45) is 0 Å². The number of aromatic amines is 1. The predicted molar refractivity (Wildman–Crippen MR) is 61.9 cm³/mol. The molecule has 0 fully saturated rings. The maximum atomic E-state index is 12.2. The van der Waals surface area contributed by atoms with Crippen molar-refractivity contribution in [3.8, 4) is 0 Å². The molecule has 0 spiro atoms. The quantitative estimate of drug-likeness (QED) is 0.788. The Morgan fingerprint density at radius 3 is 2.61 bits per heavy atom. The molecule has 1 aromatic heterocycles. The van der Waals surface area contributed by atoms with Crippen LogP contribution in [0.5, 0.6) is 0 Å². The average Bonchev–Trinajstić information content (AvgIpc) is 2.60. The largest absolute Gasteiger partial charge is 0.316 e. The smallest absolute Gasteiger partial charge is 0.262 e. The molecule has 0 saturated heterocycles. The highest BCUT2D eigenvalue weighted by atomic mass is 32.2. The number of sulfonamides is 1. The number of nitrogens with one attached hydrogen (secondary N) is 2. The molecule has 1 aromatic rings. The summed E-state index contributed by atoms with van der Waals surface area (Å²) in [7, 11) is -1.23. The summed E-state index contributed by atoms with van der Waals surface area (Å²) in [4.78, 5) is 0. The molecule has 0 unspecified atom stereocenters. The van der Waals surface area contributed by atoms with Crippen LogP contribution in [-0.2, 0) is 16.6 Å². The molecule has 0 radical (unpaired) electrons. The van der Waals surface area contributed by atoms with Gasteiger partial charge in [-0.2, -0.15) is 9.40 Å². The number of aromatic nitrogens is 2. The van der Waals surface area contributed by atoms with Gasteiger partial charge in [-0.1, -0.05) is 0 Å². The van der Waals surface area contributed by atoms with Crippen LogP contribution in [0, 0.1) is 6.92 Å². The molecule has 0 atom stereocenters. The van der Waals surface area contributed by atoms with Crippen LogP contribution in [0.15, 0.2) is 5.03 Å². The first kappa shape index (κ1) is 15.0. The van der Waals surface area contributed by atoms with Crippen LogP contribution in [0.4, 0.5) is 8.78 Å². The molecule has 0 aliphatic heterocycles. The molecule has 0 aliphatic rings. The van der Waals surface area contributed by atoms with E-state index in [1.54, 1.807) is 14.0 Å². The van der Waals surface area contributed by atoms with Gasteiger partial charge >= 0.3 is 0 Å². The number of nitrogens with zero attached hydrogens (tertiary/aromatic N) is 2. The van der Waals surface area contributed by atoms with Gasteiger partial charge in [0.15, 0.2) is 5.03 Å². The van der Waals surface area contributed by atoms with Gasteiger partial charge in [-0.3, -0.25) is 5.10 Å². The molecule has 0 amide bonds. The zero-order valence-electron chi connectivity index (χ0n) is 10.4. The summed E-state index contributed by atoms with van der Waals surface area (Å²) in [5.41, 5.74) is 1.05. The average molecular weight is 282 g/mol. The molecule has 2 N–H and O–H groups in total. The van der Waals surface area contributed by atoms with Crippen molar-refractivity contribution in [1.29, 1.82) is 0 Å². The molecule has 9 heteroatoms. The Balaban J connectivity index is 3.12. The number of H-pyrrole nitrogens is 1. The van der Waals surface area contributed by atoms with Gasteiger partial charge in [-0.15, -0.1) is 0 Å². The van der Waals surface area contributed by atoms with E-state index in [0.29, 0.717) is 22.1 Å². The van der Waals surface area contributed by atoms with Gasteiger partial charge in [0, 0.05) is 24.8 Å². The summed E-state index contributed by atoms with van der Waals surface area (Å²) in [5.74, 6) is 0. The van der Waals surface area contributed by atoms with Crippen molar-refractivity contribution in [2.45, 2.75) is 24.9 Å². The SMILES string of the molecule is CNCc1c(S(=O)(=O)N(C)CC(F)F)n[nH]c1C. The van der Waals surface area contributed by atoms with Gasteiger partial charge < -0.3 is 5.32 Å². The fourth-order valence-electron chi connectivity index (χ4n) is 1.47. The maximum Gasteiger partial charge on any atom is 0.262 e. The van der Waals surface area contributed by atoms with Gasteiger partial charge in [0.1, 0.15) is 0 Å². The molecular formula is C9H16F2N4O2S. The number of aryl methyl sites for hydroxylation is 1. The van der Waals surface area contributed by atoms with Crippen molar-refractivity contribution in [2.75, 3.05) is 20.6 Å². The molecule has 0 aromatic carbocycles. The first-order chi connectivity index (χ1) is 8.30. The van der Waals surface area contributed by atoms with Crippen molar-refractivity contribution in [3.05, 3.63) is 11.3 Å². The lowest BCUT2D eigenvalue weighted by molar-refractivity contribution is 0.126. The molecule has 1 rings (SSSR count). The highest BCUT2D eigenvalue weighted by Gasteiger charge is 2.29. The summed E-state index contributed by atoms with van der Waals surface area (Å²) in [6.07, 6.45) is -2.72. The van der Waals surface area contributed by atoms with Gasteiger partial charge in [0.05, 0.1) is 6.54 Å². The van der Waals surface area contributed by atoms with E-state index in [1.807, 2.05) is 0 Å². The third-order valence-corrected chi connectivity index (χ3v) is 4.24. The minimum Gasteiger partial charge on any atom is -0.316 e. The molecule has 1 heterocycles. The second-order valence-corrected chi connectivity index (χ2v) is 5.80. The Kier molecular flexibility index (Phi) is 4.77. The number of rotatable bonds is 6. The topological polar surface area (TPSA) is 78.1 Å². The van der Waals surface area contributed by atoms with Crippen LogP contribution < -0.4 is 5.32 Å². The van der Waals surface area contributed by atoms with Crippen LogP contribution in [-0.4, -0.2) is 50.0 Å². The van der Waals surface area contributed by atoms with E-state index in [4.69, 9.17) is 0 Å². The highest BCUT2D eigenvalue weighted by Crippen LogP contribution is 2.19. The van der Waals surface area contributed by atoms with E-state index < -0.39 is 23.0 Å². The molecule has 104 valence electrons. The zero-order valence-corrected chi connectivity index (χ0v) is 11.2. The molecule has 0 bridgehead atoms. The molecular weight excluding hydrogens is 266 g/mol. The van der Waals surface area contributed by atoms with Crippen molar-refractivity contribution in [3.63, 3.8) is 0 Å². The normalized spacial score (nSPS) is 12.6. The predicted octanol–water partition coefficient (Wildman–Crippen LogP) is 0.323. The fourth-order valence-corrected chi connectivity index (χ4v) is 2.77. The summed E-state index contributed by atoms with van der Waals surface area (Å²) < 4.78 is 49.2. The molecule has 0 aliphatic carbocycles. The van der Waals surface area contributed by atoms with Crippen LogP contribution in [0.3, 0.4) is 0 Å². The van der Waals surface area contributed by atoms with E-state index >= 15 is 0 Å². The number of hydrogen-bond acceptors (Lipinski definition) is 4. The standard InChI is InChI=1S/C9H16F2N4O2S/c1-6-7(4-12-2)9(14-13-6)18(16,17)15(3)5-8(10)11/h8,12H,4-5H2,1-3H3,(H,13,14). The van der Waals surface area contributed by atoms with E-state index in [-0.39, 0.29) is 5.03 Å². The third kappa shape index (κ3) is 3.03. The Labute approximate surface area is 104 Å². The Bertz CT molecular complexity index is 501. The zero-order chi connectivity index (χ0) is 13.9. The molecule has 6 nitrogen and oxygen atoms in total. The van der Waals surface area contributed by atoms with E-state index in [1.165, 1.54) is 0 Å². The van der Waals surface area contributed by atoms with Gasteiger partial charge in [0.2, 0.25) is 0 Å². The fraction of sp³-hybridized carbons (Fsp3) is 0.667. The Hall–Kier alpha value is -1.06. The van der Waals surface area contributed by atoms with Crippen molar-refractivity contribution in [1.82, 2.24) is 19.8 Å². The Morgan fingerprint density at radius 1 is 1.50 bits per heavy atom. The lowest BCUT2D eigenvalue weighted by Crippen LogP contribution is -2.32. The van der Waals surface area contributed by atoms with Crippen LogP contribution >= 0.6 is 0 Å². The summed E-state index contributed by atoms with van der Waals surface area (Å²) in [5, 5.41) is 8.85. The number of alkyl halides is 2. The van der Waals surface area contributed by atoms with Crippen LogP contribution in [0.2, 0.25) is 0 Å². The second kappa shape index (κ2) is 5.72. The lowest BCUT2D eigenvalue weighted by atomic mass is 10.3. The minimum absolute atomic E-state index is 0.211. The highest BCUT2D eigenvalue weighted by molar-refractivity contribution is 7.89. The molecule has 0 saturated carbocycles. The monoisotopic (exact) mass is 282 g/mol. The van der Waals surface area contributed by atoms with Crippen LogP contribution in [0.1, 0.15) is 11.3 Å². The first-order valence-corrected chi connectivity index (χ1v) is 6.67. The van der Waals surface area contributed by atoms with Crippen molar-refractivity contribution >= 4 is 10.0 Å². The van der Waals surface area contributed by atoms with Gasteiger partial charge in [-0.05, 0) is 14.0 Å². The summed E-state index contributed by atoms with van der Waals surface area (Å²) in [6.45, 7) is 1.11. The van der Waals surface area contributed by atoms with Crippen molar-refractivity contribution < 1.29 is 17.2 Å². The Morgan fingerprint density at radius 2 is 2.11 bits per heavy atom. The van der Waals surface area contributed by atoms with Gasteiger partial charge in [-0.25, -0.2) is 17.2 Å². The molecule has 18 heavy (non-hydrogen) atoms. The first-order valence-electron chi connectivity index (χ1n) is 5.23. The minimum atomic E-state index is -4.00. The second-order valence-electron chi connectivity index (χ2n) is 3.84. The van der Waals surface area contributed by atoms with Crippen LogP contribution in [0.25, 0.3) is 0 Å². The summed E-state index contributed by atoms with van der Waals surface area (Å²) >= 11 is 0. The number of halogens is 2. The van der Waals surface area contributed by atoms with E-state index in [9.17, 15) is 17.2 Å².